The number of hydrogen-bond donors (Lipinski definition) is 1. The van der Waals surface area contributed by atoms with E-state index in [1.165, 1.54) is 44.9 Å². The fraction of sp³-hybridized carbons (Fsp3) is 1.00. The molecule has 1 heterocycles. The highest BCUT2D eigenvalue weighted by atomic mass is 15.4. The third kappa shape index (κ3) is 3.11. The molecule has 12 heavy (non-hydrogen) atoms. The molecule has 1 atom stereocenters. The average Bonchev–Trinajstić information content (AvgIpc) is 2.09. The molecule has 0 saturated carbocycles. The van der Waals surface area contributed by atoms with E-state index in [4.69, 9.17) is 5.84 Å². The molecular formula is C10H22N2. The van der Waals surface area contributed by atoms with Gasteiger partial charge in [0, 0.05) is 12.6 Å². The molecule has 0 spiro atoms. The summed E-state index contributed by atoms with van der Waals surface area (Å²) in [6.07, 6.45) is 9.34. The van der Waals surface area contributed by atoms with Crippen molar-refractivity contribution in [3.05, 3.63) is 0 Å². The van der Waals surface area contributed by atoms with Crippen molar-refractivity contribution in [2.45, 2.75) is 57.9 Å². The lowest BCUT2D eigenvalue weighted by molar-refractivity contribution is 0.140. The average molecular weight is 170 g/mol. The maximum absolute atomic E-state index is 5.89. The second-order valence-corrected chi connectivity index (χ2v) is 3.88. The van der Waals surface area contributed by atoms with Gasteiger partial charge >= 0.3 is 0 Å². The maximum atomic E-state index is 5.89. The number of unbranched alkanes of at least 4 members (excludes halogenated alkanes) is 2. The summed E-state index contributed by atoms with van der Waals surface area (Å²) in [5.41, 5.74) is 0. The first kappa shape index (κ1) is 10.0. The lowest BCUT2D eigenvalue weighted by atomic mass is 9.98. The van der Waals surface area contributed by atoms with E-state index in [9.17, 15) is 0 Å². The van der Waals surface area contributed by atoms with E-state index in [1.54, 1.807) is 0 Å². The van der Waals surface area contributed by atoms with Gasteiger partial charge in [-0.1, -0.05) is 32.6 Å². The van der Waals surface area contributed by atoms with Gasteiger partial charge in [-0.3, -0.25) is 5.84 Å². The van der Waals surface area contributed by atoms with E-state index in [1.807, 2.05) is 0 Å². The normalized spacial score (nSPS) is 26.0. The lowest BCUT2D eigenvalue weighted by Crippen LogP contribution is -2.44. The van der Waals surface area contributed by atoms with E-state index in [-0.39, 0.29) is 0 Å². The number of nitrogens with zero attached hydrogens (tertiary/aromatic N) is 1. The molecule has 0 bridgehead atoms. The summed E-state index contributed by atoms with van der Waals surface area (Å²) in [4.78, 5) is 0. The molecule has 1 aliphatic rings. The Morgan fingerprint density at radius 1 is 1.33 bits per heavy atom. The predicted molar refractivity (Wildman–Crippen MR) is 52.7 cm³/mol. The Labute approximate surface area is 76.1 Å². The minimum atomic E-state index is 0.685. The fourth-order valence-corrected chi connectivity index (χ4v) is 1.96. The molecule has 0 aromatic heterocycles. The number of rotatable bonds is 4. The molecule has 0 aromatic rings. The Morgan fingerprint density at radius 3 is 2.83 bits per heavy atom. The summed E-state index contributed by atoms with van der Waals surface area (Å²) >= 11 is 0. The van der Waals surface area contributed by atoms with Crippen LogP contribution in [0.4, 0.5) is 0 Å². The summed E-state index contributed by atoms with van der Waals surface area (Å²) in [5, 5.41) is 2.05. The highest BCUT2D eigenvalue weighted by Gasteiger charge is 2.18. The third-order valence-corrected chi connectivity index (χ3v) is 2.81. The van der Waals surface area contributed by atoms with Crippen LogP contribution >= 0.6 is 0 Å². The summed E-state index contributed by atoms with van der Waals surface area (Å²) in [7, 11) is 0. The lowest BCUT2D eigenvalue weighted by Gasteiger charge is -2.31. The monoisotopic (exact) mass is 170 g/mol. The van der Waals surface area contributed by atoms with E-state index in [0.29, 0.717) is 6.04 Å². The first-order valence-electron chi connectivity index (χ1n) is 5.36. The van der Waals surface area contributed by atoms with Crippen LogP contribution in [0, 0.1) is 0 Å². The Kier molecular flexibility index (Phi) is 4.62. The van der Waals surface area contributed by atoms with Crippen molar-refractivity contribution in [1.29, 1.82) is 0 Å². The van der Waals surface area contributed by atoms with E-state index in [0.717, 1.165) is 6.54 Å². The fourth-order valence-electron chi connectivity index (χ4n) is 1.96. The molecule has 1 unspecified atom stereocenters. The van der Waals surface area contributed by atoms with Crippen molar-refractivity contribution in [2.24, 2.45) is 5.84 Å². The van der Waals surface area contributed by atoms with Crippen molar-refractivity contribution in [3.8, 4) is 0 Å². The zero-order valence-corrected chi connectivity index (χ0v) is 8.26. The molecule has 0 aliphatic carbocycles. The third-order valence-electron chi connectivity index (χ3n) is 2.81. The van der Waals surface area contributed by atoms with Crippen molar-refractivity contribution < 1.29 is 0 Å². The van der Waals surface area contributed by atoms with Gasteiger partial charge < -0.3 is 0 Å². The van der Waals surface area contributed by atoms with Crippen molar-refractivity contribution in [2.75, 3.05) is 6.54 Å². The molecule has 0 amide bonds. The van der Waals surface area contributed by atoms with Gasteiger partial charge in [0.15, 0.2) is 0 Å². The SMILES string of the molecule is CCCCCC1CCCCN1N. The van der Waals surface area contributed by atoms with Crippen molar-refractivity contribution >= 4 is 0 Å². The number of hydrazine groups is 1. The van der Waals surface area contributed by atoms with E-state index in [2.05, 4.69) is 11.9 Å². The van der Waals surface area contributed by atoms with Gasteiger partial charge in [-0.15, -0.1) is 0 Å². The minimum Gasteiger partial charge on any atom is -0.269 e. The van der Waals surface area contributed by atoms with Crippen LogP contribution in [0.15, 0.2) is 0 Å². The molecule has 1 aliphatic heterocycles. The predicted octanol–water partition coefficient (Wildman–Crippen LogP) is 2.29. The minimum absolute atomic E-state index is 0.685. The highest BCUT2D eigenvalue weighted by molar-refractivity contribution is 4.72. The largest absolute Gasteiger partial charge is 0.269 e. The van der Waals surface area contributed by atoms with E-state index < -0.39 is 0 Å². The van der Waals surface area contributed by atoms with Crippen LogP contribution in [0.1, 0.15) is 51.9 Å². The van der Waals surface area contributed by atoms with Crippen LogP contribution in [0.5, 0.6) is 0 Å². The Bertz CT molecular complexity index is 114. The zero-order valence-electron chi connectivity index (χ0n) is 8.26. The van der Waals surface area contributed by atoms with E-state index >= 15 is 0 Å². The Balaban J connectivity index is 2.11. The molecule has 0 radical (unpaired) electrons. The van der Waals surface area contributed by atoms with Crippen LogP contribution in [0.2, 0.25) is 0 Å². The summed E-state index contributed by atoms with van der Waals surface area (Å²) in [6.45, 7) is 3.36. The number of piperidine rings is 1. The quantitative estimate of drug-likeness (QED) is 0.518. The molecular weight excluding hydrogens is 148 g/mol. The standard InChI is InChI=1S/C10H22N2/c1-2-3-4-7-10-8-5-6-9-12(10)11/h10H,2-9,11H2,1H3. The number of hydrogen-bond acceptors (Lipinski definition) is 2. The van der Waals surface area contributed by atoms with Crippen molar-refractivity contribution in [1.82, 2.24) is 5.01 Å². The van der Waals surface area contributed by atoms with Gasteiger partial charge in [-0.25, -0.2) is 5.01 Å². The van der Waals surface area contributed by atoms with Gasteiger partial charge in [-0.2, -0.15) is 0 Å². The molecule has 0 aromatic carbocycles. The zero-order chi connectivity index (χ0) is 8.81. The van der Waals surface area contributed by atoms with Crippen LogP contribution in [-0.4, -0.2) is 17.6 Å². The highest BCUT2D eigenvalue weighted by Crippen LogP contribution is 2.18. The first-order valence-corrected chi connectivity index (χ1v) is 5.36. The molecule has 72 valence electrons. The summed E-state index contributed by atoms with van der Waals surface area (Å²) < 4.78 is 0. The molecule has 2 N–H and O–H groups in total. The van der Waals surface area contributed by atoms with Crippen LogP contribution in [0.3, 0.4) is 0 Å². The van der Waals surface area contributed by atoms with Gasteiger partial charge in [0.2, 0.25) is 0 Å². The van der Waals surface area contributed by atoms with Crippen LogP contribution in [-0.2, 0) is 0 Å². The molecule has 1 rings (SSSR count). The second kappa shape index (κ2) is 5.55. The first-order chi connectivity index (χ1) is 5.84. The van der Waals surface area contributed by atoms with Gasteiger partial charge in [-0.05, 0) is 19.3 Å². The Hall–Kier alpha value is -0.0800. The topological polar surface area (TPSA) is 29.3 Å². The van der Waals surface area contributed by atoms with Crippen molar-refractivity contribution in [3.63, 3.8) is 0 Å². The maximum Gasteiger partial charge on any atom is 0.0241 e. The number of nitrogens with two attached hydrogens (primary N) is 1. The van der Waals surface area contributed by atoms with Crippen LogP contribution < -0.4 is 5.84 Å². The molecule has 2 heteroatoms. The smallest absolute Gasteiger partial charge is 0.0241 e. The van der Waals surface area contributed by atoms with Gasteiger partial charge in [0.1, 0.15) is 0 Å². The molecule has 2 nitrogen and oxygen atoms in total. The summed E-state index contributed by atoms with van der Waals surface area (Å²) in [5.74, 6) is 5.89. The molecule has 1 saturated heterocycles. The summed E-state index contributed by atoms with van der Waals surface area (Å²) in [6, 6.07) is 0.685. The Morgan fingerprint density at radius 2 is 2.17 bits per heavy atom. The van der Waals surface area contributed by atoms with Gasteiger partial charge in [0.05, 0.1) is 0 Å². The van der Waals surface area contributed by atoms with Gasteiger partial charge in [0.25, 0.3) is 0 Å². The van der Waals surface area contributed by atoms with Crippen LogP contribution in [0.25, 0.3) is 0 Å². The second-order valence-electron chi connectivity index (χ2n) is 3.88. The molecule has 1 fully saturated rings.